The molecule has 2 heterocycles. The van der Waals surface area contributed by atoms with E-state index in [1.165, 1.54) is 17.6 Å². The fourth-order valence-electron chi connectivity index (χ4n) is 1.67. The molecule has 0 radical (unpaired) electrons. The van der Waals surface area contributed by atoms with Gasteiger partial charge in [-0.1, -0.05) is 13.3 Å². The zero-order valence-electron chi connectivity index (χ0n) is 10.4. The zero-order chi connectivity index (χ0) is 13.8. The van der Waals surface area contributed by atoms with E-state index >= 15 is 0 Å². The van der Waals surface area contributed by atoms with E-state index in [-0.39, 0.29) is 5.69 Å². The molecule has 0 aromatic carbocycles. The number of aromatic carboxylic acids is 1. The monoisotopic (exact) mass is 280 g/mol. The van der Waals surface area contributed by atoms with Crippen molar-refractivity contribution in [2.24, 2.45) is 0 Å². The molecule has 1 N–H and O–H groups in total. The average molecular weight is 280 g/mol. The summed E-state index contributed by atoms with van der Waals surface area (Å²) in [5.41, 5.74) is 0.663. The minimum Gasteiger partial charge on any atom is -0.476 e. The van der Waals surface area contributed by atoms with Crippen molar-refractivity contribution in [3.8, 4) is 10.6 Å². The third kappa shape index (κ3) is 2.96. The van der Waals surface area contributed by atoms with Crippen LogP contribution in [0, 0.1) is 5.82 Å². The Hall–Kier alpha value is -1.82. The first-order valence-electron chi connectivity index (χ1n) is 5.96. The van der Waals surface area contributed by atoms with Crippen molar-refractivity contribution in [2.45, 2.75) is 26.2 Å². The van der Waals surface area contributed by atoms with Gasteiger partial charge in [0.15, 0.2) is 11.5 Å². The van der Waals surface area contributed by atoms with Crippen LogP contribution in [0.15, 0.2) is 17.6 Å². The van der Waals surface area contributed by atoms with Crippen molar-refractivity contribution in [2.75, 3.05) is 0 Å². The molecule has 0 saturated carbocycles. The Morgan fingerprint density at radius 1 is 1.53 bits per heavy atom. The molecular formula is C13H13FN2O2S. The number of pyridine rings is 1. The number of carboxylic acids is 1. The fraction of sp³-hybridized carbons (Fsp3) is 0.308. The molecular weight excluding hydrogens is 267 g/mol. The van der Waals surface area contributed by atoms with Crippen molar-refractivity contribution in [1.29, 1.82) is 0 Å². The summed E-state index contributed by atoms with van der Waals surface area (Å²) in [6, 6.07) is 1.52. The molecule has 6 heteroatoms. The van der Waals surface area contributed by atoms with Gasteiger partial charge in [-0.3, -0.25) is 4.98 Å². The molecule has 0 aliphatic heterocycles. The maximum Gasteiger partial charge on any atom is 0.355 e. The van der Waals surface area contributed by atoms with Crippen molar-refractivity contribution in [1.82, 2.24) is 9.97 Å². The number of aryl methyl sites for hydroxylation is 1. The molecule has 0 fully saturated rings. The molecule has 0 spiro atoms. The van der Waals surface area contributed by atoms with Gasteiger partial charge < -0.3 is 5.11 Å². The third-order valence-corrected chi connectivity index (χ3v) is 3.56. The fourth-order valence-corrected chi connectivity index (χ4v) is 2.48. The molecule has 0 saturated heterocycles. The topological polar surface area (TPSA) is 63.1 Å². The maximum atomic E-state index is 14.2. The minimum atomic E-state index is -1.11. The largest absolute Gasteiger partial charge is 0.476 e. The van der Waals surface area contributed by atoms with E-state index in [9.17, 15) is 9.18 Å². The number of hydrogen-bond donors (Lipinski definition) is 1. The van der Waals surface area contributed by atoms with Crippen molar-refractivity contribution >= 4 is 17.3 Å². The molecule has 4 nitrogen and oxygen atoms in total. The molecule has 19 heavy (non-hydrogen) atoms. The lowest BCUT2D eigenvalue weighted by molar-refractivity contribution is 0.0691. The Labute approximate surface area is 114 Å². The summed E-state index contributed by atoms with van der Waals surface area (Å²) < 4.78 is 14.2. The predicted octanol–water partition coefficient (Wildman–Crippen LogP) is 3.39. The van der Waals surface area contributed by atoms with Gasteiger partial charge in [0, 0.05) is 17.1 Å². The third-order valence-electron chi connectivity index (χ3n) is 2.68. The van der Waals surface area contributed by atoms with Crippen LogP contribution < -0.4 is 0 Å². The molecule has 2 rings (SSSR count). The van der Waals surface area contributed by atoms with E-state index in [4.69, 9.17) is 5.11 Å². The van der Waals surface area contributed by atoms with Crippen molar-refractivity contribution in [3.63, 3.8) is 0 Å². The molecule has 0 aliphatic rings. The number of thiazole rings is 1. The van der Waals surface area contributed by atoms with Crippen LogP contribution in [0.4, 0.5) is 4.39 Å². The van der Waals surface area contributed by atoms with E-state index in [1.54, 1.807) is 0 Å². The summed E-state index contributed by atoms with van der Waals surface area (Å²) in [5, 5.41) is 10.6. The molecule has 2 aromatic rings. The second-order valence-corrected chi connectivity index (χ2v) is 4.92. The Bertz CT molecular complexity index is 598. The molecule has 0 aliphatic carbocycles. The Balaban J connectivity index is 2.35. The normalized spacial score (nSPS) is 10.6. The van der Waals surface area contributed by atoms with Crippen LogP contribution in [0.1, 0.15) is 35.9 Å². The Kier molecular flexibility index (Phi) is 4.21. The number of nitrogens with zero attached hydrogens (tertiary/aromatic N) is 2. The maximum absolute atomic E-state index is 14.2. The summed E-state index contributed by atoms with van der Waals surface area (Å²) in [7, 11) is 0. The highest BCUT2D eigenvalue weighted by atomic mass is 32.1. The summed E-state index contributed by atoms with van der Waals surface area (Å²) in [6.45, 7) is 2.03. The first-order valence-corrected chi connectivity index (χ1v) is 6.84. The summed E-state index contributed by atoms with van der Waals surface area (Å²) in [5.74, 6) is -1.51. The van der Waals surface area contributed by atoms with Gasteiger partial charge in [-0.15, -0.1) is 11.3 Å². The molecule has 0 amide bonds. The van der Waals surface area contributed by atoms with Crippen LogP contribution in [0.5, 0.6) is 0 Å². The van der Waals surface area contributed by atoms with Crippen LogP contribution in [-0.2, 0) is 6.42 Å². The number of carboxylic acid groups (broad SMARTS) is 1. The first kappa shape index (κ1) is 13.6. The highest BCUT2D eigenvalue weighted by Crippen LogP contribution is 2.27. The van der Waals surface area contributed by atoms with Gasteiger partial charge in [0.25, 0.3) is 0 Å². The van der Waals surface area contributed by atoms with Gasteiger partial charge >= 0.3 is 5.97 Å². The van der Waals surface area contributed by atoms with Gasteiger partial charge in [-0.25, -0.2) is 14.2 Å². The lowest BCUT2D eigenvalue weighted by Gasteiger charge is -2.04. The van der Waals surface area contributed by atoms with Crippen LogP contribution in [0.2, 0.25) is 0 Å². The zero-order valence-corrected chi connectivity index (χ0v) is 11.2. The van der Waals surface area contributed by atoms with Gasteiger partial charge in [0.05, 0.1) is 5.69 Å². The number of aromatic nitrogens is 2. The number of unbranched alkanes of at least 4 members (excludes halogenated alkanes) is 1. The lowest BCUT2D eigenvalue weighted by atomic mass is 10.1. The van der Waals surface area contributed by atoms with E-state index in [0.717, 1.165) is 24.2 Å². The molecule has 100 valence electrons. The van der Waals surface area contributed by atoms with Gasteiger partial charge in [-0.05, 0) is 18.9 Å². The molecule has 0 bridgehead atoms. The number of halogens is 1. The van der Waals surface area contributed by atoms with E-state index in [1.807, 2.05) is 6.92 Å². The van der Waals surface area contributed by atoms with Crippen LogP contribution in [0.25, 0.3) is 10.6 Å². The van der Waals surface area contributed by atoms with Gasteiger partial charge in [0.1, 0.15) is 5.01 Å². The predicted molar refractivity (Wildman–Crippen MR) is 70.9 cm³/mol. The summed E-state index contributed by atoms with van der Waals surface area (Å²) in [4.78, 5) is 18.7. The second kappa shape index (κ2) is 5.88. The average Bonchev–Trinajstić information content (AvgIpc) is 2.87. The van der Waals surface area contributed by atoms with E-state index < -0.39 is 11.8 Å². The quantitative estimate of drug-likeness (QED) is 0.912. The minimum absolute atomic E-state index is 0.0636. The van der Waals surface area contributed by atoms with Crippen LogP contribution in [-0.4, -0.2) is 21.0 Å². The SMILES string of the molecule is CCCCc1nccc(-c2nc(C(=O)O)cs2)c1F. The Morgan fingerprint density at radius 2 is 2.32 bits per heavy atom. The molecule has 2 aromatic heterocycles. The smallest absolute Gasteiger partial charge is 0.355 e. The number of hydrogen-bond acceptors (Lipinski definition) is 4. The molecule has 0 atom stereocenters. The number of carbonyl (C=O) groups is 1. The van der Waals surface area contributed by atoms with Gasteiger partial charge in [-0.2, -0.15) is 0 Å². The highest BCUT2D eigenvalue weighted by molar-refractivity contribution is 7.13. The van der Waals surface area contributed by atoms with Crippen molar-refractivity contribution < 1.29 is 14.3 Å². The van der Waals surface area contributed by atoms with Gasteiger partial charge in [0.2, 0.25) is 0 Å². The Morgan fingerprint density at radius 3 is 2.95 bits per heavy atom. The second-order valence-electron chi connectivity index (χ2n) is 4.07. The summed E-state index contributed by atoms with van der Waals surface area (Å²) >= 11 is 1.12. The highest BCUT2D eigenvalue weighted by Gasteiger charge is 2.16. The van der Waals surface area contributed by atoms with E-state index in [0.29, 0.717) is 22.7 Å². The van der Waals surface area contributed by atoms with Crippen LogP contribution in [0.3, 0.4) is 0 Å². The summed E-state index contributed by atoms with van der Waals surface area (Å²) in [6.07, 6.45) is 3.94. The standard InChI is InChI=1S/C13H13FN2O2S/c1-2-3-4-9-11(14)8(5-6-15-9)12-16-10(7-19-12)13(17)18/h5-7H,2-4H2,1H3,(H,17,18). The van der Waals surface area contributed by atoms with Crippen molar-refractivity contribution in [3.05, 3.63) is 34.8 Å². The van der Waals surface area contributed by atoms with E-state index in [2.05, 4.69) is 9.97 Å². The first-order chi connectivity index (χ1) is 9.13. The number of rotatable bonds is 5. The van der Waals surface area contributed by atoms with Crippen LogP contribution >= 0.6 is 11.3 Å². The molecule has 0 unspecified atom stereocenters. The lowest BCUT2D eigenvalue weighted by Crippen LogP contribution is -1.99.